The van der Waals surface area contributed by atoms with E-state index in [9.17, 15) is 22.8 Å². The second kappa shape index (κ2) is 15.6. The van der Waals surface area contributed by atoms with E-state index in [2.05, 4.69) is 20.8 Å². The Kier molecular flexibility index (Phi) is 11.3. The summed E-state index contributed by atoms with van der Waals surface area (Å²) in [5.74, 6) is -0.615. The number of piperidine rings is 1. The Balaban J connectivity index is 1.27. The molecule has 0 unspecified atom stereocenters. The molecule has 2 amide bonds. The molecule has 252 valence electrons. The topological polar surface area (TPSA) is 153 Å². The maximum atomic E-state index is 13.1. The van der Waals surface area contributed by atoms with Crippen molar-refractivity contribution >= 4 is 45.3 Å². The predicted molar refractivity (Wildman–Crippen MR) is 183 cm³/mol. The maximum Gasteiger partial charge on any atom is 0.338 e. The van der Waals surface area contributed by atoms with Crippen LogP contribution in [0, 0.1) is 13.8 Å². The highest BCUT2D eigenvalue weighted by molar-refractivity contribution is 7.99. The van der Waals surface area contributed by atoms with Gasteiger partial charge >= 0.3 is 5.97 Å². The summed E-state index contributed by atoms with van der Waals surface area (Å²) < 4.78 is 34.3. The van der Waals surface area contributed by atoms with Gasteiger partial charge in [-0.1, -0.05) is 30.3 Å². The van der Waals surface area contributed by atoms with E-state index in [1.165, 1.54) is 40.3 Å². The Morgan fingerprint density at radius 3 is 2.27 bits per heavy atom. The minimum atomic E-state index is -3.61. The number of nitrogens with one attached hydrogen (secondary N) is 2. The SMILES string of the molecule is CCOC(=O)c1ccc(NC(=O)CSc2nnc(CNC(=O)c3ccc(S(=O)(=O)N4CCCCC4)cc3)n2-c2cc(C)ccc2C)cc1. The molecule has 4 aromatic rings. The average Bonchev–Trinajstić information content (AvgIpc) is 3.50. The van der Waals surface area contributed by atoms with E-state index < -0.39 is 21.9 Å². The van der Waals surface area contributed by atoms with Gasteiger partial charge in [-0.05, 0) is 99.3 Å². The largest absolute Gasteiger partial charge is 0.462 e. The fourth-order valence-electron chi connectivity index (χ4n) is 5.24. The average molecular weight is 691 g/mol. The van der Waals surface area contributed by atoms with Crippen molar-refractivity contribution < 1.29 is 27.5 Å². The minimum absolute atomic E-state index is 0.0294. The Bertz CT molecular complexity index is 1890. The molecule has 0 aliphatic carbocycles. The van der Waals surface area contributed by atoms with Crippen LogP contribution in [-0.4, -0.2) is 70.7 Å². The van der Waals surface area contributed by atoms with E-state index in [-0.39, 0.29) is 29.7 Å². The van der Waals surface area contributed by atoms with Crippen molar-refractivity contribution in [2.45, 2.75) is 56.6 Å². The molecule has 1 aromatic heterocycles. The van der Waals surface area contributed by atoms with Gasteiger partial charge in [0, 0.05) is 24.3 Å². The lowest BCUT2D eigenvalue weighted by molar-refractivity contribution is -0.113. The van der Waals surface area contributed by atoms with Gasteiger partial charge in [0.05, 0.1) is 35.1 Å². The molecule has 2 N–H and O–H groups in total. The van der Waals surface area contributed by atoms with Crippen molar-refractivity contribution in [2.75, 3.05) is 30.8 Å². The van der Waals surface area contributed by atoms with Gasteiger partial charge in [0.1, 0.15) is 0 Å². The number of thioether (sulfide) groups is 1. The molecular weight excluding hydrogens is 653 g/mol. The predicted octanol–water partition coefficient (Wildman–Crippen LogP) is 4.90. The van der Waals surface area contributed by atoms with E-state index in [1.54, 1.807) is 31.2 Å². The van der Waals surface area contributed by atoms with Gasteiger partial charge < -0.3 is 15.4 Å². The van der Waals surface area contributed by atoms with Crippen LogP contribution in [0.1, 0.15) is 63.9 Å². The zero-order valence-corrected chi connectivity index (χ0v) is 28.7. The van der Waals surface area contributed by atoms with Gasteiger partial charge in [-0.3, -0.25) is 14.2 Å². The zero-order valence-electron chi connectivity index (χ0n) is 27.1. The zero-order chi connectivity index (χ0) is 34.3. The van der Waals surface area contributed by atoms with Crippen LogP contribution < -0.4 is 10.6 Å². The van der Waals surface area contributed by atoms with E-state index in [0.717, 1.165) is 36.1 Å². The molecule has 2 heterocycles. The molecule has 0 atom stereocenters. The monoisotopic (exact) mass is 690 g/mol. The van der Waals surface area contributed by atoms with Crippen LogP contribution in [0.2, 0.25) is 0 Å². The van der Waals surface area contributed by atoms with Crippen molar-refractivity contribution in [2.24, 2.45) is 0 Å². The number of anilines is 1. The van der Waals surface area contributed by atoms with Crippen molar-refractivity contribution in [3.63, 3.8) is 0 Å². The molecule has 12 nitrogen and oxygen atoms in total. The number of nitrogens with zero attached hydrogens (tertiary/aromatic N) is 4. The van der Waals surface area contributed by atoms with E-state index in [4.69, 9.17) is 4.74 Å². The van der Waals surface area contributed by atoms with Crippen LogP contribution in [0.3, 0.4) is 0 Å². The highest BCUT2D eigenvalue weighted by Gasteiger charge is 2.26. The first-order valence-corrected chi connectivity index (χ1v) is 18.1. The standard InChI is InChI=1S/C34H38N6O6S2/c1-4-46-33(43)26-10-14-27(15-11-26)36-31(41)22-47-34-38-37-30(40(34)29-20-23(2)8-9-24(29)3)21-35-32(42)25-12-16-28(17-13-25)48(44,45)39-18-6-5-7-19-39/h8-17,20H,4-7,18-19,21-22H2,1-3H3,(H,35,42)(H,36,41). The normalized spacial score (nSPS) is 13.6. The van der Waals surface area contributed by atoms with Crippen LogP contribution in [0.5, 0.6) is 0 Å². The van der Waals surface area contributed by atoms with Crippen LogP contribution >= 0.6 is 11.8 Å². The van der Waals surface area contributed by atoms with Crippen molar-refractivity contribution in [3.8, 4) is 5.69 Å². The lowest BCUT2D eigenvalue weighted by Gasteiger charge is -2.25. The summed E-state index contributed by atoms with van der Waals surface area (Å²) in [6.07, 6.45) is 2.70. The number of amides is 2. The van der Waals surface area contributed by atoms with Crippen LogP contribution in [0.4, 0.5) is 5.69 Å². The number of carbonyl (C=O) groups excluding carboxylic acids is 3. The van der Waals surface area contributed by atoms with Crippen molar-refractivity contribution in [3.05, 3.63) is 94.8 Å². The lowest BCUT2D eigenvalue weighted by atomic mass is 10.1. The number of rotatable bonds is 12. The summed E-state index contributed by atoms with van der Waals surface area (Å²) in [6.45, 7) is 6.97. The van der Waals surface area contributed by atoms with Gasteiger partial charge in [-0.15, -0.1) is 10.2 Å². The number of hydrogen-bond acceptors (Lipinski definition) is 9. The molecule has 0 bridgehead atoms. The third kappa shape index (κ3) is 8.30. The summed E-state index contributed by atoms with van der Waals surface area (Å²) in [5, 5.41) is 14.8. The first-order valence-electron chi connectivity index (χ1n) is 15.7. The Morgan fingerprint density at radius 1 is 0.896 bits per heavy atom. The van der Waals surface area contributed by atoms with Gasteiger partial charge in [0.25, 0.3) is 5.91 Å². The molecule has 1 fully saturated rings. The third-order valence-electron chi connectivity index (χ3n) is 7.79. The number of aromatic nitrogens is 3. The smallest absolute Gasteiger partial charge is 0.338 e. The highest BCUT2D eigenvalue weighted by Crippen LogP contribution is 2.26. The molecule has 14 heteroatoms. The summed E-state index contributed by atoms with van der Waals surface area (Å²) in [5.41, 5.74) is 4.01. The Morgan fingerprint density at radius 2 is 1.58 bits per heavy atom. The van der Waals surface area contributed by atoms with Gasteiger partial charge in [-0.2, -0.15) is 4.31 Å². The molecule has 1 saturated heterocycles. The molecule has 0 radical (unpaired) electrons. The summed E-state index contributed by atoms with van der Waals surface area (Å²) in [6, 6.07) is 18.3. The maximum absolute atomic E-state index is 13.1. The molecule has 48 heavy (non-hydrogen) atoms. The van der Waals surface area contributed by atoms with Crippen molar-refractivity contribution in [1.82, 2.24) is 24.4 Å². The molecular formula is C34H38N6O6S2. The van der Waals surface area contributed by atoms with Crippen LogP contribution in [0.15, 0.2) is 76.8 Å². The number of esters is 1. The van der Waals surface area contributed by atoms with E-state index in [1.807, 2.05) is 36.6 Å². The second-order valence-corrected chi connectivity index (χ2v) is 14.2. The number of benzene rings is 3. The fraction of sp³-hybridized carbons (Fsp3) is 0.324. The van der Waals surface area contributed by atoms with Gasteiger partial charge in [0.2, 0.25) is 15.9 Å². The number of carbonyl (C=O) groups is 3. The Hall–Kier alpha value is -4.53. The number of ether oxygens (including phenoxy) is 1. The molecule has 0 spiro atoms. The quantitative estimate of drug-likeness (QED) is 0.156. The summed E-state index contributed by atoms with van der Waals surface area (Å²) >= 11 is 1.20. The lowest BCUT2D eigenvalue weighted by Crippen LogP contribution is -2.35. The number of hydrogen-bond donors (Lipinski definition) is 2. The third-order valence-corrected chi connectivity index (χ3v) is 10.6. The first kappa shape index (κ1) is 34.8. The summed E-state index contributed by atoms with van der Waals surface area (Å²) in [7, 11) is -3.61. The Labute approximate surface area is 284 Å². The molecule has 1 aliphatic heterocycles. The van der Waals surface area contributed by atoms with Crippen molar-refractivity contribution in [1.29, 1.82) is 0 Å². The highest BCUT2D eigenvalue weighted by atomic mass is 32.2. The van der Waals surface area contributed by atoms with E-state index >= 15 is 0 Å². The number of aryl methyl sites for hydroxylation is 2. The van der Waals surface area contributed by atoms with Crippen LogP contribution in [0.25, 0.3) is 5.69 Å². The molecule has 3 aromatic carbocycles. The van der Waals surface area contributed by atoms with Gasteiger partial charge in [0.15, 0.2) is 11.0 Å². The van der Waals surface area contributed by atoms with Crippen LogP contribution in [-0.2, 0) is 26.1 Å². The second-order valence-electron chi connectivity index (χ2n) is 11.3. The summed E-state index contributed by atoms with van der Waals surface area (Å²) in [4.78, 5) is 38.0. The molecule has 1 aliphatic rings. The fourth-order valence-corrected chi connectivity index (χ4v) is 7.52. The van der Waals surface area contributed by atoms with Gasteiger partial charge in [-0.25, -0.2) is 13.2 Å². The van der Waals surface area contributed by atoms with E-state index in [0.29, 0.717) is 40.9 Å². The minimum Gasteiger partial charge on any atom is -0.462 e. The first-order chi connectivity index (χ1) is 23.1. The molecule has 0 saturated carbocycles. The number of sulfonamides is 1. The molecule has 5 rings (SSSR count).